The molecule has 0 fully saturated rings. The van der Waals surface area contributed by atoms with Gasteiger partial charge in [-0.3, -0.25) is 9.35 Å². The van der Waals surface area contributed by atoms with Gasteiger partial charge < -0.3 is 10.2 Å². The number of aromatic hydroxyl groups is 2. The molecule has 4 aromatic rings. The first-order valence-corrected chi connectivity index (χ1v) is 11.5. The third-order valence-corrected chi connectivity index (χ3v) is 6.20. The lowest BCUT2D eigenvalue weighted by Gasteiger charge is -2.19. The van der Waals surface area contributed by atoms with E-state index in [2.05, 4.69) is 0 Å². The van der Waals surface area contributed by atoms with Crippen LogP contribution in [0.15, 0.2) is 102 Å². The zero-order valence-corrected chi connectivity index (χ0v) is 18.1. The molecule has 0 spiro atoms. The third-order valence-electron chi connectivity index (χ3n) is 5.35. The first-order valence-electron chi connectivity index (χ1n) is 10.0. The third kappa shape index (κ3) is 4.95. The molecule has 0 amide bonds. The van der Waals surface area contributed by atoms with Crippen LogP contribution in [0.5, 0.6) is 11.5 Å². The van der Waals surface area contributed by atoms with E-state index in [1.54, 1.807) is 36.4 Å². The minimum absolute atomic E-state index is 0.145. The Bertz CT molecular complexity index is 1350. The molecule has 0 saturated carbocycles. The van der Waals surface area contributed by atoms with Gasteiger partial charge in [-0.1, -0.05) is 60.7 Å². The summed E-state index contributed by atoms with van der Waals surface area (Å²) < 4.78 is 32.0. The van der Waals surface area contributed by atoms with Gasteiger partial charge in [0.05, 0.1) is 4.90 Å². The number of phenolic OH excluding ortho intramolecular Hbond substituents is 2. The maximum Gasteiger partial charge on any atom is 0.294 e. The van der Waals surface area contributed by atoms with Crippen molar-refractivity contribution in [1.29, 1.82) is 0 Å². The first kappa shape index (κ1) is 22.3. The summed E-state index contributed by atoms with van der Waals surface area (Å²) in [5.41, 5.74) is 3.22. The van der Waals surface area contributed by atoms with Crippen LogP contribution in [0.3, 0.4) is 0 Å². The van der Waals surface area contributed by atoms with Gasteiger partial charge in [0.15, 0.2) is 5.78 Å². The van der Waals surface area contributed by atoms with Crippen LogP contribution < -0.4 is 0 Å². The van der Waals surface area contributed by atoms with E-state index >= 15 is 0 Å². The van der Waals surface area contributed by atoms with Gasteiger partial charge in [-0.15, -0.1) is 0 Å². The van der Waals surface area contributed by atoms with E-state index < -0.39 is 10.1 Å². The lowest BCUT2D eigenvalue weighted by Crippen LogP contribution is -2.06. The maximum atomic E-state index is 12.9. The van der Waals surface area contributed by atoms with Crippen molar-refractivity contribution >= 4 is 15.9 Å². The van der Waals surface area contributed by atoms with Crippen molar-refractivity contribution in [2.45, 2.75) is 10.8 Å². The van der Waals surface area contributed by atoms with Crippen LogP contribution in [0.4, 0.5) is 0 Å². The van der Waals surface area contributed by atoms with Crippen LogP contribution in [0.2, 0.25) is 0 Å². The zero-order valence-electron chi connectivity index (χ0n) is 17.3. The minimum Gasteiger partial charge on any atom is -0.508 e. The van der Waals surface area contributed by atoms with Crippen molar-refractivity contribution in [3.8, 4) is 11.5 Å². The Labute approximate surface area is 191 Å². The van der Waals surface area contributed by atoms with E-state index in [1.807, 2.05) is 36.4 Å². The number of hydrogen-bond donors (Lipinski definition) is 3. The second-order valence-corrected chi connectivity index (χ2v) is 8.99. The number of hydrogen-bond acceptors (Lipinski definition) is 5. The highest BCUT2D eigenvalue weighted by molar-refractivity contribution is 7.85. The number of carbonyl (C=O) groups is 1. The summed E-state index contributed by atoms with van der Waals surface area (Å²) >= 11 is 0. The summed E-state index contributed by atoms with van der Waals surface area (Å²) in [4.78, 5) is 12.5. The number of benzene rings is 4. The van der Waals surface area contributed by atoms with E-state index in [-0.39, 0.29) is 33.7 Å². The second-order valence-electron chi connectivity index (χ2n) is 7.57. The maximum absolute atomic E-state index is 12.9. The van der Waals surface area contributed by atoms with Gasteiger partial charge in [-0.05, 0) is 53.1 Å². The average Bonchev–Trinajstić information content (AvgIpc) is 2.81. The molecule has 33 heavy (non-hydrogen) atoms. The van der Waals surface area contributed by atoms with Crippen molar-refractivity contribution < 1.29 is 28.0 Å². The fourth-order valence-electron chi connectivity index (χ4n) is 3.70. The predicted molar refractivity (Wildman–Crippen MR) is 123 cm³/mol. The largest absolute Gasteiger partial charge is 0.508 e. The van der Waals surface area contributed by atoms with E-state index in [0.29, 0.717) is 5.56 Å². The molecule has 7 heteroatoms. The molecule has 0 bridgehead atoms. The molecule has 3 N–H and O–H groups in total. The van der Waals surface area contributed by atoms with Crippen LogP contribution in [0.1, 0.15) is 38.5 Å². The topological polar surface area (TPSA) is 112 Å². The molecule has 0 atom stereocenters. The van der Waals surface area contributed by atoms with Crippen molar-refractivity contribution in [2.24, 2.45) is 0 Å². The molecular weight excluding hydrogens is 440 g/mol. The molecule has 0 saturated heterocycles. The molecule has 4 rings (SSSR count). The second kappa shape index (κ2) is 8.90. The molecule has 0 heterocycles. The SMILES string of the molecule is O=C(c1ccc(C(c2ccc(O)cc2)c2ccc(O)cc2)cc1)c1cccc(S(=O)(=O)O)c1. The Balaban J connectivity index is 1.70. The highest BCUT2D eigenvalue weighted by Gasteiger charge is 2.19. The van der Waals surface area contributed by atoms with Gasteiger partial charge in [0.1, 0.15) is 11.5 Å². The Morgan fingerprint density at radius 1 is 0.636 bits per heavy atom. The summed E-state index contributed by atoms with van der Waals surface area (Å²) in [5.74, 6) is -0.288. The Morgan fingerprint density at radius 3 is 1.55 bits per heavy atom. The fraction of sp³-hybridized carbons (Fsp3) is 0.0385. The van der Waals surface area contributed by atoms with Crippen LogP contribution in [-0.2, 0) is 10.1 Å². The van der Waals surface area contributed by atoms with Gasteiger partial charge in [0, 0.05) is 17.0 Å². The lowest BCUT2D eigenvalue weighted by molar-refractivity contribution is 0.103. The van der Waals surface area contributed by atoms with Crippen LogP contribution in [0.25, 0.3) is 0 Å². The average molecular weight is 461 g/mol. The summed E-state index contributed by atoms with van der Waals surface area (Å²) in [6.45, 7) is 0. The summed E-state index contributed by atoms with van der Waals surface area (Å²) in [6, 6.07) is 25.8. The molecule has 0 aromatic heterocycles. The number of phenols is 2. The zero-order chi connectivity index (χ0) is 23.6. The van der Waals surface area contributed by atoms with Gasteiger partial charge in [0.25, 0.3) is 10.1 Å². The quantitative estimate of drug-likeness (QED) is 0.217. The van der Waals surface area contributed by atoms with Crippen LogP contribution >= 0.6 is 0 Å². The lowest BCUT2D eigenvalue weighted by atomic mass is 9.84. The first-order chi connectivity index (χ1) is 15.7. The fourth-order valence-corrected chi connectivity index (χ4v) is 4.23. The molecule has 0 aliphatic rings. The highest BCUT2D eigenvalue weighted by atomic mass is 32.2. The van der Waals surface area contributed by atoms with E-state index in [9.17, 15) is 28.0 Å². The van der Waals surface area contributed by atoms with Crippen LogP contribution in [0, 0.1) is 0 Å². The Morgan fingerprint density at radius 2 is 1.09 bits per heavy atom. The minimum atomic E-state index is -4.41. The van der Waals surface area contributed by atoms with Crippen molar-refractivity contribution in [3.05, 3.63) is 125 Å². The van der Waals surface area contributed by atoms with Crippen molar-refractivity contribution in [1.82, 2.24) is 0 Å². The van der Waals surface area contributed by atoms with Gasteiger partial charge in [-0.25, -0.2) is 0 Å². The van der Waals surface area contributed by atoms with E-state index in [0.717, 1.165) is 22.8 Å². The van der Waals surface area contributed by atoms with Gasteiger partial charge in [0.2, 0.25) is 0 Å². The number of ketones is 1. The summed E-state index contributed by atoms with van der Waals surface area (Å²) in [6.07, 6.45) is 0. The molecule has 4 aromatic carbocycles. The standard InChI is InChI=1S/C26H20O6S/c27-22-12-8-18(9-13-22)25(19-10-14-23(28)15-11-19)17-4-6-20(7-5-17)26(29)21-2-1-3-24(16-21)33(30,31)32/h1-16,25,27-28H,(H,30,31,32). The van der Waals surface area contributed by atoms with Gasteiger partial charge >= 0.3 is 0 Å². The Hall–Kier alpha value is -3.94. The normalized spacial score (nSPS) is 11.5. The smallest absolute Gasteiger partial charge is 0.294 e. The van der Waals surface area contributed by atoms with Crippen LogP contribution in [-0.4, -0.2) is 29.0 Å². The van der Waals surface area contributed by atoms with E-state index in [1.165, 1.54) is 18.2 Å². The molecular formula is C26H20O6S. The Kier molecular flexibility index (Phi) is 6.00. The summed E-state index contributed by atoms with van der Waals surface area (Å²) in [5, 5.41) is 19.3. The molecule has 166 valence electrons. The molecule has 6 nitrogen and oxygen atoms in total. The molecule has 0 aliphatic carbocycles. The monoisotopic (exact) mass is 460 g/mol. The molecule has 0 radical (unpaired) electrons. The number of carbonyl (C=O) groups excluding carboxylic acids is 1. The highest BCUT2D eigenvalue weighted by Crippen LogP contribution is 2.34. The predicted octanol–water partition coefficient (Wildman–Crippen LogP) is 4.76. The van der Waals surface area contributed by atoms with Crippen molar-refractivity contribution in [2.75, 3.05) is 0 Å². The molecule has 0 unspecified atom stereocenters. The van der Waals surface area contributed by atoms with E-state index in [4.69, 9.17) is 0 Å². The summed E-state index contributed by atoms with van der Waals surface area (Å²) in [7, 11) is -4.41. The van der Waals surface area contributed by atoms with Crippen molar-refractivity contribution in [3.63, 3.8) is 0 Å². The molecule has 0 aliphatic heterocycles. The number of rotatable bonds is 6. The van der Waals surface area contributed by atoms with Gasteiger partial charge in [-0.2, -0.15) is 8.42 Å².